The van der Waals surface area contributed by atoms with E-state index in [1.165, 1.54) is 0 Å². The highest BCUT2D eigenvalue weighted by Crippen LogP contribution is 1.56. The molecule has 1 amide bonds. The van der Waals surface area contributed by atoms with E-state index in [0.29, 0.717) is 13.1 Å². The van der Waals surface area contributed by atoms with Crippen LogP contribution in [0.25, 0.3) is 0 Å². The fraction of sp³-hybridized carbons (Fsp3) is 0.667. The Balaban J connectivity index is 2.82. The zero-order valence-electron chi connectivity index (χ0n) is 4.35. The maximum atomic E-state index is 9.69. The van der Waals surface area contributed by atoms with Crippen molar-refractivity contribution in [1.29, 1.82) is 0 Å². The molecule has 0 heterocycles. The molecule has 0 aliphatic carbocycles. The minimum Gasteiger partial charge on any atom is -0.465 e. The van der Waals surface area contributed by atoms with Gasteiger partial charge in [0.05, 0.1) is 0 Å². The Morgan fingerprint density at radius 3 is 2.62 bits per heavy atom. The van der Waals surface area contributed by atoms with Crippen molar-refractivity contribution >= 4 is 6.09 Å². The Morgan fingerprint density at radius 1 is 1.62 bits per heavy atom. The minimum atomic E-state index is -1.03. The van der Waals surface area contributed by atoms with Crippen LogP contribution in [-0.4, -0.2) is 24.3 Å². The van der Waals surface area contributed by atoms with Crippen molar-refractivity contribution in [2.45, 2.75) is 0 Å². The Hall–Kier alpha value is -0.810. The summed E-state index contributed by atoms with van der Waals surface area (Å²) in [6.07, 6.45) is -1.03. The van der Waals surface area contributed by atoms with E-state index in [0.717, 1.165) is 0 Å². The number of carboxylic acid groups (broad SMARTS) is 1. The maximum absolute atomic E-state index is 9.69. The van der Waals surface area contributed by atoms with Gasteiger partial charge in [-0.25, -0.2) is 4.79 Å². The second-order valence-corrected chi connectivity index (χ2v) is 1.19. The number of rotatable bonds is 3. The number of nitrogens with one attached hydrogen (secondary N) is 2. The zero-order chi connectivity index (χ0) is 6.41. The molecule has 0 fully saturated rings. The van der Waals surface area contributed by atoms with Gasteiger partial charge in [-0.3, -0.25) is 11.3 Å². The highest BCUT2D eigenvalue weighted by Gasteiger charge is 1.88. The summed E-state index contributed by atoms with van der Waals surface area (Å²) in [5.41, 5.74) is 2.30. The van der Waals surface area contributed by atoms with Gasteiger partial charge in [0.2, 0.25) is 0 Å². The summed E-state index contributed by atoms with van der Waals surface area (Å²) in [6, 6.07) is 0. The van der Waals surface area contributed by atoms with Crippen LogP contribution in [0.4, 0.5) is 4.79 Å². The van der Waals surface area contributed by atoms with Gasteiger partial charge in [0.15, 0.2) is 0 Å². The first-order chi connectivity index (χ1) is 3.77. The standard InChI is InChI=1S/C3H9N3O2/c4-6-2-1-5-3(7)8/h5-6H,1-2,4H2,(H,7,8). The molecule has 0 saturated carbocycles. The van der Waals surface area contributed by atoms with Gasteiger partial charge in [-0.1, -0.05) is 0 Å². The molecular weight excluding hydrogens is 110 g/mol. The van der Waals surface area contributed by atoms with E-state index in [1.54, 1.807) is 0 Å². The molecule has 0 rings (SSSR count). The van der Waals surface area contributed by atoms with Crippen molar-refractivity contribution < 1.29 is 9.90 Å². The molecule has 0 bridgehead atoms. The fourth-order valence-corrected chi connectivity index (χ4v) is 0.242. The van der Waals surface area contributed by atoms with E-state index in [1.807, 2.05) is 0 Å². The summed E-state index contributed by atoms with van der Waals surface area (Å²) in [4.78, 5) is 9.69. The van der Waals surface area contributed by atoms with Crippen LogP contribution in [0.1, 0.15) is 0 Å². The van der Waals surface area contributed by atoms with Gasteiger partial charge >= 0.3 is 6.09 Å². The fourth-order valence-electron chi connectivity index (χ4n) is 0.242. The van der Waals surface area contributed by atoms with E-state index < -0.39 is 6.09 Å². The van der Waals surface area contributed by atoms with Gasteiger partial charge in [0, 0.05) is 13.1 Å². The van der Waals surface area contributed by atoms with Crippen molar-refractivity contribution in [2.24, 2.45) is 5.84 Å². The normalized spacial score (nSPS) is 8.62. The Bertz CT molecular complexity index is 74.9. The predicted octanol–water partition coefficient (Wildman–Crippen LogP) is -1.28. The second-order valence-electron chi connectivity index (χ2n) is 1.19. The van der Waals surface area contributed by atoms with E-state index in [-0.39, 0.29) is 0 Å². The van der Waals surface area contributed by atoms with Gasteiger partial charge in [-0.2, -0.15) is 0 Å². The number of nitrogens with two attached hydrogens (primary N) is 1. The molecule has 0 aromatic rings. The van der Waals surface area contributed by atoms with Crippen molar-refractivity contribution in [1.82, 2.24) is 10.7 Å². The summed E-state index contributed by atoms with van der Waals surface area (Å²) in [5.74, 6) is 4.83. The molecular formula is C3H9N3O2. The summed E-state index contributed by atoms with van der Waals surface area (Å²) >= 11 is 0. The Labute approximate surface area is 46.8 Å². The smallest absolute Gasteiger partial charge is 0.404 e. The van der Waals surface area contributed by atoms with Crippen LogP contribution in [0.5, 0.6) is 0 Å². The molecule has 8 heavy (non-hydrogen) atoms. The van der Waals surface area contributed by atoms with Gasteiger partial charge in [-0.05, 0) is 0 Å². The van der Waals surface area contributed by atoms with E-state index in [2.05, 4.69) is 10.7 Å². The first kappa shape index (κ1) is 7.19. The highest BCUT2D eigenvalue weighted by atomic mass is 16.4. The molecule has 5 heteroatoms. The van der Waals surface area contributed by atoms with Crippen LogP contribution in [0, 0.1) is 0 Å². The van der Waals surface area contributed by atoms with E-state index in [9.17, 15) is 4.79 Å². The van der Waals surface area contributed by atoms with Crippen LogP contribution in [0.2, 0.25) is 0 Å². The third kappa shape index (κ3) is 5.19. The van der Waals surface area contributed by atoms with Crippen molar-refractivity contribution in [2.75, 3.05) is 13.1 Å². The Kier molecular flexibility index (Phi) is 3.91. The van der Waals surface area contributed by atoms with E-state index >= 15 is 0 Å². The lowest BCUT2D eigenvalue weighted by molar-refractivity contribution is 0.194. The largest absolute Gasteiger partial charge is 0.465 e. The lowest BCUT2D eigenvalue weighted by Crippen LogP contribution is -2.33. The third-order valence-electron chi connectivity index (χ3n) is 0.546. The first-order valence-electron chi connectivity index (χ1n) is 2.17. The molecule has 5 N–H and O–H groups in total. The van der Waals surface area contributed by atoms with Crippen molar-refractivity contribution in [3.8, 4) is 0 Å². The van der Waals surface area contributed by atoms with Crippen LogP contribution < -0.4 is 16.6 Å². The zero-order valence-corrected chi connectivity index (χ0v) is 4.35. The summed E-state index contributed by atoms with van der Waals surface area (Å²) in [7, 11) is 0. The molecule has 5 nitrogen and oxygen atoms in total. The van der Waals surface area contributed by atoms with Crippen molar-refractivity contribution in [3.05, 3.63) is 0 Å². The number of hydrazine groups is 1. The number of carbonyl (C=O) groups is 1. The van der Waals surface area contributed by atoms with Crippen LogP contribution >= 0.6 is 0 Å². The lowest BCUT2D eigenvalue weighted by atomic mass is 10.6. The molecule has 0 spiro atoms. The molecule has 0 aliphatic heterocycles. The van der Waals surface area contributed by atoms with Gasteiger partial charge < -0.3 is 10.4 Å². The van der Waals surface area contributed by atoms with Gasteiger partial charge in [-0.15, -0.1) is 0 Å². The Morgan fingerprint density at radius 2 is 2.25 bits per heavy atom. The van der Waals surface area contributed by atoms with Crippen molar-refractivity contribution in [3.63, 3.8) is 0 Å². The topological polar surface area (TPSA) is 87.4 Å². The monoisotopic (exact) mass is 119 g/mol. The first-order valence-corrected chi connectivity index (χ1v) is 2.17. The van der Waals surface area contributed by atoms with Gasteiger partial charge in [0.1, 0.15) is 0 Å². The van der Waals surface area contributed by atoms with E-state index in [4.69, 9.17) is 10.9 Å². The van der Waals surface area contributed by atoms with Crippen LogP contribution in [0.3, 0.4) is 0 Å². The molecule has 0 aliphatic rings. The average molecular weight is 119 g/mol. The summed E-state index contributed by atoms with van der Waals surface area (Å²) in [5, 5.41) is 10.1. The number of hydrogen-bond acceptors (Lipinski definition) is 3. The second kappa shape index (κ2) is 4.35. The molecule has 0 unspecified atom stereocenters. The van der Waals surface area contributed by atoms with Crippen LogP contribution in [0.15, 0.2) is 0 Å². The SMILES string of the molecule is NNCCNC(=O)O. The van der Waals surface area contributed by atoms with Crippen LogP contribution in [-0.2, 0) is 0 Å². The quantitative estimate of drug-likeness (QED) is 0.211. The molecule has 0 radical (unpaired) electrons. The molecule has 0 aromatic heterocycles. The summed E-state index contributed by atoms with van der Waals surface area (Å²) < 4.78 is 0. The molecule has 0 saturated heterocycles. The minimum absolute atomic E-state index is 0.339. The maximum Gasteiger partial charge on any atom is 0.404 e. The predicted molar refractivity (Wildman–Crippen MR) is 28.2 cm³/mol. The van der Waals surface area contributed by atoms with Gasteiger partial charge in [0.25, 0.3) is 0 Å². The third-order valence-corrected chi connectivity index (χ3v) is 0.546. The highest BCUT2D eigenvalue weighted by molar-refractivity contribution is 5.64. The number of hydrogen-bond donors (Lipinski definition) is 4. The summed E-state index contributed by atoms with van der Waals surface area (Å²) in [6.45, 7) is 0.790. The average Bonchev–Trinajstić information content (AvgIpc) is 1.66. The lowest BCUT2D eigenvalue weighted by Gasteiger charge is -1.96. The number of amides is 1. The molecule has 0 aromatic carbocycles. The molecule has 48 valence electrons. The molecule has 0 atom stereocenters.